The Labute approximate surface area is 145 Å². The lowest BCUT2D eigenvalue weighted by atomic mass is 9.81. The van der Waals surface area contributed by atoms with Gasteiger partial charge in [-0.3, -0.25) is 14.9 Å². The summed E-state index contributed by atoms with van der Waals surface area (Å²) in [6, 6.07) is 13.7. The molecule has 1 aromatic carbocycles. The molecule has 1 fully saturated rings. The van der Waals surface area contributed by atoms with Crippen molar-refractivity contribution in [2.24, 2.45) is 0 Å². The number of benzene rings is 1. The predicted molar refractivity (Wildman–Crippen MR) is 94.5 cm³/mol. The van der Waals surface area contributed by atoms with E-state index in [4.69, 9.17) is 0 Å². The Hall–Kier alpha value is -2.21. The molecule has 0 spiro atoms. The zero-order valence-corrected chi connectivity index (χ0v) is 14.4. The van der Waals surface area contributed by atoms with Crippen LogP contribution in [0.5, 0.6) is 0 Å². The highest BCUT2D eigenvalue weighted by atomic mass is 32.1. The van der Waals surface area contributed by atoms with Crippen LogP contribution in [0.15, 0.2) is 42.5 Å². The van der Waals surface area contributed by atoms with Gasteiger partial charge in [-0.15, -0.1) is 0 Å². The van der Waals surface area contributed by atoms with Crippen LogP contribution >= 0.6 is 11.3 Å². The van der Waals surface area contributed by atoms with Crippen molar-refractivity contribution in [3.63, 3.8) is 0 Å². The monoisotopic (exact) mass is 344 g/mol. The number of carbonyl (C=O) groups excluding carboxylic acids is 1. The molecule has 2 aromatic rings. The lowest BCUT2D eigenvalue weighted by Crippen LogP contribution is -2.38. The maximum atomic E-state index is 12.5. The molecule has 1 aromatic heterocycles. The van der Waals surface area contributed by atoms with Gasteiger partial charge in [0.05, 0.1) is 9.80 Å². The van der Waals surface area contributed by atoms with Crippen molar-refractivity contribution in [3.05, 3.63) is 63.0 Å². The first-order chi connectivity index (χ1) is 11.6. The van der Waals surface area contributed by atoms with Gasteiger partial charge in [0, 0.05) is 19.2 Å². The van der Waals surface area contributed by atoms with Crippen molar-refractivity contribution in [2.75, 3.05) is 7.05 Å². The molecule has 1 aliphatic rings. The van der Waals surface area contributed by atoms with Crippen LogP contribution < -0.4 is 0 Å². The number of nitro groups is 1. The minimum atomic E-state index is -0.452. The van der Waals surface area contributed by atoms with Crippen LogP contribution in [0.1, 0.15) is 46.8 Å². The van der Waals surface area contributed by atoms with Gasteiger partial charge in [-0.1, -0.05) is 41.7 Å². The number of hydrogen-bond donors (Lipinski definition) is 0. The van der Waals surface area contributed by atoms with E-state index in [0.29, 0.717) is 10.8 Å². The smallest absolute Gasteiger partial charge is 0.324 e. The maximum Gasteiger partial charge on any atom is 0.324 e. The summed E-state index contributed by atoms with van der Waals surface area (Å²) in [4.78, 5) is 25.1. The van der Waals surface area contributed by atoms with E-state index in [1.165, 1.54) is 11.6 Å². The van der Waals surface area contributed by atoms with Gasteiger partial charge in [-0.2, -0.15) is 0 Å². The third kappa shape index (κ3) is 3.48. The highest BCUT2D eigenvalue weighted by Gasteiger charge is 2.28. The summed E-state index contributed by atoms with van der Waals surface area (Å²) in [5, 5.41) is 10.8. The quantitative estimate of drug-likeness (QED) is 0.608. The van der Waals surface area contributed by atoms with E-state index in [1.807, 2.05) is 6.07 Å². The summed E-state index contributed by atoms with van der Waals surface area (Å²) in [5.74, 6) is 0.449. The average molecular weight is 344 g/mol. The molecule has 1 saturated carbocycles. The molecule has 0 unspecified atom stereocenters. The van der Waals surface area contributed by atoms with Crippen molar-refractivity contribution in [1.29, 1.82) is 0 Å². The summed E-state index contributed by atoms with van der Waals surface area (Å²) < 4.78 is 0. The van der Waals surface area contributed by atoms with Gasteiger partial charge in [0.1, 0.15) is 0 Å². The second kappa shape index (κ2) is 7.13. The highest BCUT2D eigenvalue weighted by molar-refractivity contribution is 7.17. The minimum Gasteiger partial charge on any atom is -0.338 e. The zero-order chi connectivity index (χ0) is 17.1. The number of hydrogen-bond acceptors (Lipinski definition) is 4. The van der Waals surface area contributed by atoms with Gasteiger partial charge in [-0.05, 0) is 43.2 Å². The van der Waals surface area contributed by atoms with Crippen LogP contribution in [0.4, 0.5) is 5.00 Å². The molecule has 0 saturated heterocycles. The summed E-state index contributed by atoms with van der Waals surface area (Å²) in [5.41, 5.74) is 1.37. The summed E-state index contributed by atoms with van der Waals surface area (Å²) in [6.45, 7) is 0. The van der Waals surface area contributed by atoms with E-state index < -0.39 is 4.92 Å². The van der Waals surface area contributed by atoms with E-state index in [1.54, 1.807) is 18.0 Å². The fraction of sp³-hybridized carbons (Fsp3) is 0.389. The second-order valence-electron chi connectivity index (χ2n) is 6.23. The van der Waals surface area contributed by atoms with Gasteiger partial charge in [0.25, 0.3) is 5.91 Å². The van der Waals surface area contributed by atoms with Crippen LogP contribution in [0.3, 0.4) is 0 Å². The fourth-order valence-corrected chi connectivity index (χ4v) is 4.21. The Kier molecular flexibility index (Phi) is 4.94. The summed E-state index contributed by atoms with van der Waals surface area (Å²) >= 11 is 0.949. The highest BCUT2D eigenvalue weighted by Crippen LogP contribution is 2.35. The Balaban J connectivity index is 1.61. The standard InChI is InChI=1S/C18H20N2O3S/c1-19(18(21)16-11-12-17(24-16)20(22)23)15-9-7-14(8-10-15)13-5-3-2-4-6-13/h2-6,11-12,14-15H,7-10H2,1H3. The molecule has 0 bridgehead atoms. The minimum absolute atomic E-state index is 0.0135. The van der Waals surface area contributed by atoms with Gasteiger partial charge in [0.15, 0.2) is 0 Å². The molecular weight excluding hydrogens is 324 g/mol. The second-order valence-corrected chi connectivity index (χ2v) is 7.29. The SMILES string of the molecule is CN(C(=O)c1ccc([N+](=O)[O-])s1)C1CCC(c2ccccc2)CC1. The topological polar surface area (TPSA) is 63.5 Å². The van der Waals surface area contributed by atoms with E-state index in [-0.39, 0.29) is 17.0 Å². The maximum absolute atomic E-state index is 12.5. The molecule has 126 valence electrons. The molecule has 1 heterocycles. The molecule has 6 heteroatoms. The Morgan fingerprint density at radius 3 is 2.38 bits per heavy atom. The molecular formula is C18H20N2O3S. The van der Waals surface area contributed by atoms with E-state index in [0.717, 1.165) is 37.0 Å². The molecule has 1 amide bonds. The van der Waals surface area contributed by atoms with Crippen molar-refractivity contribution >= 4 is 22.2 Å². The Morgan fingerprint density at radius 2 is 1.79 bits per heavy atom. The molecule has 24 heavy (non-hydrogen) atoms. The van der Waals surface area contributed by atoms with Crippen LogP contribution in [0.2, 0.25) is 0 Å². The Bertz CT molecular complexity index is 721. The van der Waals surface area contributed by atoms with Gasteiger partial charge >= 0.3 is 5.00 Å². The fourth-order valence-electron chi connectivity index (χ4n) is 3.40. The zero-order valence-electron chi connectivity index (χ0n) is 13.6. The first-order valence-corrected chi connectivity index (χ1v) is 8.94. The van der Waals surface area contributed by atoms with Crippen molar-refractivity contribution in [3.8, 4) is 0 Å². The summed E-state index contributed by atoms with van der Waals surface area (Å²) in [6.07, 6.45) is 4.07. The first-order valence-electron chi connectivity index (χ1n) is 8.12. The molecule has 3 rings (SSSR count). The molecule has 0 aliphatic heterocycles. The predicted octanol–water partition coefficient (Wildman–Crippen LogP) is 4.45. The van der Waals surface area contributed by atoms with Crippen LogP contribution in [0.25, 0.3) is 0 Å². The van der Waals surface area contributed by atoms with Crippen LogP contribution in [-0.4, -0.2) is 28.8 Å². The van der Waals surface area contributed by atoms with Gasteiger partial charge < -0.3 is 4.90 Å². The van der Waals surface area contributed by atoms with Gasteiger partial charge in [0.2, 0.25) is 0 Å². The van der Waals surface area contributed by atoms with Gasteiger partial charge in [-0.25, -0.2) is 0 Å². The number of amides is 1. The molecule has 0 N–H and O–H groups in total. The first kappa shape index (κ1) is 16.6. The number of thiophene rings is 1. The molecule has 0 atom stereocenters. The normalized spacial score (nSPS) is 20.5. The lowest BCUT2D eigenvalue weighted by Gasteiger charge is -2.34. The van der Waals surface area contributed by atoms with Crippen molar-refractivity contribution in [2.45, 2.75) is 37.6 Å². The van der Waals surface area contributed by atoms with Crippen LogP contribution in [0, 0.1) is 10.1 Å². The van der Waals surface area contributed by atoms with E-state index in [2.05, 4.69) is 24.3 Å². The third-order valence-electron chi connectivity index (χ3n) is 4.82. The van der Waals surface area contributed by atoms with Crippen LogP contribution in [-0.2, 0) is 0 Å². The summed E-state index contributed by atoms with van der Waals surface area (Å²) in [7, 11) is 1.81. The largest absolute Gasteiger partial charge is 0.338 e. The van der Waals surface area contributed by atoms with E-state index >= 15 is 0 Å². The number of rotatable bonds is 4. The van der Waals surface area contributed by atoms with E-state index in [9.17, 15) is 14.9 Å². The number of carbonyl (C=O) groups is 1. The van der Waals surface area contributed by atoms with Crippen molar-refractivity contribution < 1.29 is 9.72 Å². The van der Waals surface area contributed by atoms with Crippen molar-refractivity contribution in [1.82, 2.24) is 4.90 Å². The third-order valence-corrected chi connectivity index (χ3v) is 5.84. The molecule has 5 nitrogen and oxygen atoms in total. The Morgan fingerprint density at radius 1 is 1.12 bits per heavy atom. The average Bonchev–Trinajstić information content (AvgIpc) is 3.12. The number of nitrogens with zero attached hydrogens (tertiary/aromatic N) is 2. The molecule has 0 radical (unpaired) electrons. The molecule has 1 aliphatic carbocycles. The lowest BCUT2D eigenvalue weighted by molar-refractivity contribution is -0.380.